The zero-order chi connectivity index (χ0) is 20.9. The van der Waals surface area contributed by atoms with Gasteiger partial charge in [0.2, 0.25) is 5.91 Å². The Labute approximate surface area is 163 Å². The molecule has 0 radical (unpaired) electrons. The largest absolute Gasteiger partial charge is 0.433 e. The highest BCUT2D eigenvalue weighted by Crippen LogP contribution is 2.28. The van der Waals surface area contributed by atoms with Crippen molar-refractivity contribution in [1.29, 1.82) is 5.26 Å². The molecule has 148 valence electrons. The van der Waals surface area contributed by atoms with Gasteiger partial charge in [-0.1, -0.05) is 23.9 Å². The lowest BCUT2D eigenvalue weighted by Crippen LogP contribution is -2.34. The lowest BCUT2D eigenvalue weighted by molar-refractivity contribution is -0.141. The zero-order valence-electron chi connectivity index (χ0n) is 15.1. The van der Waals surface area contributed by atoms with E-state index in [9.17, 15) is 22.8 Å². The number of hydrogen-bond donors (Lipinski definition) is 1. The first kappa shape index (κ1) is 21.5. The second-order valence-electron chi connectivity index (χ2n) is 5.89. The van der Waals surface area contributed by atoms with Gasteiger partial charge in [0.25, 0.3) is 5.56 Å². The van der Waals surface area contributed by atoms with Gasteiger partial charge >= 0.3 is 6.18 Å². The summed E-state index contributed by atoms with van der Waals surface area (Å²) in [5.74, 6) is -0.655. The van der Waals surface area contributed by atoms with Crippen molar-refractivity contribution < 1.29 is 18.0 Å². The number of aromatic nitrogens is 2. The van der Waals surface area contributed by atoms with Crippen molar-refractivity contribution in [3.63, 3.8) is 0 Å². The first-order chi connectivity index (χ1) is 13.1. The lowest BCUT2D eigenvalue weighted by atomic mass is 10.1. The van der Waals surface area contributed by atoms with E-state index in [0.717, 1.165) is 11.1 Å². The normalized spacial score (nSPS) is 11.1. The van der Waals surface area contributed by atoms with Crippen molar-refractivity contribution in [1.82, 2.24) is 9.97 Å². The number of aryl methyl sites for hydroxylation is 1. The van der Waals surface area contributed by atoms with Crippen LogP contribution in [0.5, 0.6) is 0 Å². The number of amides is 1. The summed E-state index contributed by atoms with van der Waals surface area (Å²) < 4.78 is 38.4. The van der Waals surface area contributed by atoms with Crippen LogP contribution in [0.25, 0.3) is 0 Å². The van der Waals surface area contributed by atoms with Gasteiger partial charge in [0.05, 0.1) is 18.2 Å². The van der Waals surface area contributed by atoms with E-state index in [1.807, 2.05) is 26.0 Å². The van der Waals surface area contributed by atoms with Crippen LogP contribution in [0.3, 0.4) is 0 Å². The Morgan fingerprint density at radius 2 is 2.07 bits per heavy atom. The molecule has 0 bridgehead atoms. The molecular formula is C18H17F3N4O2S. The lowest BCUT2D eigenvalue weighted by Gasteiger charge is -2.24. The molecule has 6 nitrogen and oxygen atoms in total. The van der Waals surface area contributed by atoms with Crippen molar-refractivity contribution in [2.45, 2.75) is 31.6 Å². The Balaban J connectivity index is 2.23. The molecule has 0 saturated carbocycles. The predicted molar refractivity (Wildman–Crippen MR) is 99.1 cm³/mol. The van der Waals surface area contributed by atoms with Crippen molar-refractivity contribution in [3.05, 3.63) is 51.4 Å². The molecule has 28 heavy (non-hydrogen) atoms. The summed E-state index contributed by atoms with van der Waals surface area (Å²) >= 11 is 0.699. The van der Waals surface area contributed by atoms with E-state index in [1.54, 1.807) is 12.1 Å². The first-order valence-corrected chi connectivity index (χ1v) is 9.17. The summed E-state index contributed by atoms with van der Waals surface area (Å²) in [5.41, 5.74) is 0.190. The van der Waals surface area contributed by atoms with Crippen LogP contribution in [-0.2, 0) is 11.0 Å². The molecule has 0 aliphatic carbocycles. The number of anilines is 1. The van der Waals surface area contributed by atoms with E-state index in [0.29, 0.717) is 23.5 Å². The van der Waals surface area contributed by atoms with Gasteiger partial charge in [-0.25, -0.2) is 4.98 Å². The van der Waals surface area contributed by atoms with E-state index in [2.05, 4.69) is 9.97 Å². The van der Waals surface area contributed by atoms with Gasteiger partial charge in [0, 0.05) is 18.3 Å². The number of carbonyl (C=O) groups excluding carboxylic acids is 1. The molecule has 10 heteroatoms. The van der Waals surface area contributed by atoms with Crippen LogP contribution in [-0.4, -0.2) is 28.2 Å². The Hall–Kier alpha value is -2.80. The van der Waals surface area contributed by atoms with E-state index in [1.165, 1.54) is 4.90 Å². The molecule has 0 fully saturated rings. The maximum Gasteiger partial charge on any atom is 0.433 e. The summed E-state index contributed by atoms with van der Waals surface area (Å²) in [7, 11) is 0. The number of hydrogen-bond acceptors (Lipinski definition) is 5. The van der Waals surface area contributed by atoms with Crippen LogP contribution < -0.4 is 10.5 Å². The summed E-state index contributed by atoms with van der Waals surface area (Å²) in [6, 6.07) is 7.75. The van der Waals surface area contributed by atoms with Crippen molar-refractivity contribution in [3.8, 4) is 6.07 Å². The SMILES string of the molecule is Cc1cccc(N(CCC#N)C(=O)CSc2nc(C(F)(F)F)cc(=O)[nH]2)c1C. The highest BCUT2D eigenvalue weighted by Gasteiger charge is 2.33. The molecule has 2 aromatic rings. The highest BCUT2D eigenvalue weighted by molar-refractivity contribution is 7.99. The molecule has 1 N–H and O–H groups in total. The molecule has 0 spiro atoms. The number of aromatic amines is 1. The van der Waals surface area contributed by atoms with Crippen LogP contribution in [0.2, 0.25) is 0 Å². The smallest absolute Gasteiger partial charge is 0.310 e. The monoisotopic (exact) mass is 410 g/mol. The molecule has 1 aromatic carbocycles. The van der Waals surface area contributed by atoms with Crippen LogP contribution in [0.15, 0.2) is 34.2 Å². The average Bonchev–Trinajstić information content (AvgIpc) is 2.62. The molecule has 1 aromatic heterocycles. The van der Waals surface area contributed by atoms with Gasteiger partial charge in [-0.2, -0.15) is 18.4 Å². The maximum absolute atomic E-state index is 12.8. The molecule has 1 heterocycles. The third-order valence-corrected chi connectivity index (χ3v) is 4.82. The Morgan fingerprint density at radius 1 is 1.36 bits per heavy atom. The van der Waals surface area contributed by atoms with Crippen LogP contribution >= 0.6 is 11.8 Å². The second kappa shape index (κ2) is 8.93. The molecule has 2 rings (SSSR count). The third-order valence-electron chi connectivity index (χ3n) is 3.96. The highest BCUT2D eigenvalue weighted by atomic mass is 32.2. The van der Waals surface area contributed by atoms with Gasteiger partial charge in [0.15, 0.2) is 10.9 Å². The van der Waals surface area contributed by atoms with Gasteiger partial charge in [-0.15, -0.1) is 0 Å². The number of H-pyrrole nitrogens is 1. The molecule has 0 unspecified atom stereocenters. The fourth-order valence-electron chi connectivity index (χ4n) is 2.43. The standard InChI is InChI=1S/C18H17F3N4O2S/c1-11-5-3-6-13(12(11)2)25(8-4-7-22)16(27)10-28-17-23-14(18(19,20)21)9-15(26)24-17/h3,5-6,9H,4,8,10H2,1-2H3,(H,23,24,26). The fourth-order valence-corrected chi connectivity index (χ4v) is 3.18. The number of alkyl halides is 3. The third kappa shape index (κ3) is 5.36. The number of nitriles is 1. The van der Waals surface area contributed by atoms with Crippen LogP contribution in [0, 0.1) is 25.2 Å². The maximum atomic E-state index is 12.8. The summed E-state index contributed by atoms with van der Waals surface area (Å²) in [6.45, 7) is 3.88. The minimum Gasteiger partial charge on any atom is -0.310 e. The van der Waals surface area contributed by atoms with Crippen LogP contribution in [0.4, 0.5) is 18.9 Å². The van der Waals surface area contributed by atoms with E-state index >= 15 is 0 Å². The number of benzene rings is 1. The van der Waals surface area contributed by atoms with Gasteiger partial charge < -0.3 is 9.88 Å². The quantitative estimate of drug-likeness (QED) is 0.582. The molecule has 0 atom stereocenters. The molecular weight excluding hydrogens is 393 g/mol. The Morgan fingerprint density at radius 3 is 2.71 bits per heavy atom. The molecule has 0 aliphatic heterocycles. The number of nitrogens with zero attached hydrogens (tertiary/aromatic N) is 3. The van der Waals surface area contributed by atoms with Crippen molar-refractivity contribution in [2.24, 2.45) is 0 Å². The predicted octanol–water partition coefficient (Wildman–Crippen LogP) is 3.44. The first-order valence-electron chi connectivity index (χ1n) is 8.18. The zero-order valence-corrected chi connectivity index (χ0v) is 15.9. The van der Waals surface area contributed by atoms with Gasteiger partial charge in [-0.3, -0.25) is 9.59 Å². The van der Waals surface area contributed by atoms with E-state index in [4.69, 9.17) is 5.26 Å². The molecule has 0 saturated heterocycles. The minimum absolute atomic E-state index is 0.0996. The fraction of sp³-hybridized carbons (Fsp3) is 0.333. The van der Waals surface area contributed by atoms with Crippen molar-refractivity contribution in [2.75, 3.05) is 17.2 Å². The van der Waals surface area contributed by atoms with Gasteiger partial charge in [-0.05, 0) is 31.0 Å². The average molecular weight is 410 g/mol. The van der Waals surface area contributed by atoms with E-state index < -0.39 is 23.3 Å². The molecule has 0 aliphatic rings. The molecule has 1 amide bonds. The van der Waals surface area contributed by atoms with E-state index in [-0.39, 0.29) is 23.9 Å². The number of carbonyl (C=O) groups is 1. The second-order valence-corrected chi connectivity index (χ2v) is 6.86. The van der Waals surface area contributed by atoms with Gasteiger partial charge in [0.1, 0.15) is 0 Å². The number of nitrogens with one attached hydrogen (secondary N) is 1. The number of halogens is 3. The Kier molecular flexibility index (Phi) is 6.85. The number of thioether (sulfide) groups is 1. The summed E-state index contributed by atoms with van der Waals surface area (Å²) in [5, 5.41) is 8.57. The summed E-state index contributed by atoms with van der Waals surface area (Å²) in [6.07, 6.45) is -4.66. The number of rotatable bonds is 6. The topological polar surface area (TPSA) is 89.8 Å². The Bertz CT molecular complexity index is 967. The van der Waals surface area contributed by atoms with Crippen molar-refractivity contribution >= 4 is 23.4 Å². The minimum atomic E-state index is -4.76. The van der Waals surface area contributed by atoms with Crippen LogP contribution in [0.1, 0.15) is 23.2 Å². The summed E-state index contributed by atoms with van der Waals surface area (Å²) in [4.78, 5) is 31.1.